The Labute approximate surface area is 93.4 Å². The summed E-state index contributed by atoms with van der Waals surface area (Å²) in [7, 11) is 0. The second-order valence-electron chi connectivity index (χ2n) is 4.52. The molecule has 0 saturated heterocycles. The van der Waals surface area contributed by atoms with Crippen LogP contribution in [0.25, 0.3) is 0 Å². The standard InChI is InChI=1S/C10H16N2O2S/c1-9(2,7(13)14)10(3,4)12-8-11-5-6-15-8/h5-6H,1-4H3,(H,11,12)(H,13,14). The smallest absolute Gasteiger partial charge is 0.311 e. The Morgan fingerprint density at radius 1 is 1.47 bits per heavy atom. The zero-order valence-corrected chi connectivity index (χ0v) is 10.2. The Bertz CT molecular complexity index is 344. The lowest BCUT2D eigenvalue weighted by molar-refractivity contribution is -0.149. The average molecular weight is 228 g/mol. The molecule has 0 fully saturated rings. The molecule has 0 spiro atoms. The molecule has 1 aromatic rings. The van der Waals surface area contributed by atoms with Crippen molar-refractivity contribution in [3.63, 3.8) is 0 Å². The van der Waals surface area contributed by atoms with Crippen LogP contribution in [0.1, 0.15) is 27.7 Å². The predicted octanol–water partition coefficient (Wildman–Crippen LogP) is 2.44. The number of nitrogens with zero attached hydrogens (tertiary/aromatic N) is 1. The summed E-state index contributed by atoms with van der Waals surface area (Å²) in [5.74, 6) is -0.823. The molecule has 2 N–H and O–H groups in total. The first kappa shape index (κ1) is 12.0. The van der Waals surface area contributed by atoms with Gasteiger partial charge >= 0.3 is 5.97 Å². The number of thiazole rings is 1. The van der Waals surface area contributed by atoms with Gasteiger partial charge in [-0.2, -0.15) is 0 Å². The quantitative estimate of drug-likeness (QED) is 0.831. The molecule has 0 radical (unpaired) electrons. The van der Waals surface area contributed by atoms with Crippen LogP contribution in [-0.4, -0.2) is 21.6 Å². The van der Waals surface area contributed by atoms with E-state index in [1.54, 1.807) is 20.0 Å². The number of carbonyl (C=O) groups is 1. The van der Waals surface area contributed by atoms with Gasteiger partial charge in [-0.15, -0.1) is 11.3 Å². The molecule has 0 atom stereocenters. The van der Waals surface area contributed by atoms with E-state index in [4.69, 9.17) is 5.11 Å². The van der Waals surface area contributed by atoms with Crippen LogP contribution in [0, 0.1) is 5.41 Å². The van der Waals surface area contributed by atoms with Crippen LogP contribution in [0.4, 0.5) is 5.13 Å². The highest BCUT2D eigenvalue weighted by Crippen LogP contribution is 2.34. The minimum Gasteiger partial charge on any atom is -0.481 e. The highest BCUT2D eigenvalue weighted by atomic mass is 32.1. The average Bonchev–Trinajstić information content (AvgIpc) is 2.55. The lowest BCUT2D eigenvalue weighted by Gasteiger charge is -2.38. The molecule has 0 bridgehead atoms. The summed E-state index contributed by atoms with van der Waals surface area (Å²) in [5.41, 5.74) is -1.42. The molecule has 1 aromatic heterocycles. The van der Waals surface area contributed by atoms with E-state index < -0.39 is 16.9 Å². The Morgan fingerprint density at radius 2 is 2.07 bits per heavy atom. The number of anilines is 1. The number of aromatic nitrogens is 1. The summed E-state index contributed by atoms with van der Waals surface area (Å²) in [5, 5.41) is 14.9. The number of hydrogen-bond donors (Lipinski definition) is 2. The fourth-order valence-corrected chi connectivity index (χ4v) is 1.66. The van der Waals surface area contributed by atoms with Gasteiger partial charge < -0.3 is 10.4 Å². The molecule has 0 aliphatic carbocycles. The van der Waals surface area contributed by atoms with E-state index in [9.17, 15) is 4.79 Å². The summed E-state index contributed by atoms with van der Waals surface area (Å²) < 4.78 is 0. The molecule has 0 amide bonds. The molecule has 84 valence electrons. The second kappa shape index (κ2) is 3.81. The van der Waals surface area contributed by atoms with Crippen molar-refractivity contribution in [1.29, 1.82) is 0 Å². The van der Waals surface area contributed by atoms with Crippen LogP contribution in [0.5, 0.6) is 0 Å². The van der Waals surface area contributed by atoms with Crippen LogP contribution in [0.3, 0.4) is 0 Å². The first-order valence-electron chi connectivity index (χ1n) is 4.68. The Hall–Kier alpha value is -1.10. The van der Waals surface area contributed by atoms with Crippen LogP contribution in [0.15, 0.2) is 11.6 Å². The van der Waals surface area contributed by atoms with Gasteiger partial charge in [-0.05, 0) is 27.7 Å². The van der Waals surface area contributed by atoms with Gasteiger partial charge in [0.05, 0.1) is 5.41 Å². The van der Waals surface area contributed by atoms with Crippen LogP contribution >= 0.6 is 11.3 Å². The third kappa shape index (κ3) is 2.28. The lowest BCUT2D eigenvalue weighted by Crippen LogP contribution is -2.50. The van der Waals surface area contributed by atoms with Crippen molar-refractivity contribution in [2.24, 2.45) is 5.41 Å². The van der Waals surface area contributed by atoms with E-state index in [0.717, 1.165) is 5.13 Å². The van der Waals surface area contributed by atoms with Gasteiger partial charge in [-0.3, -0.25) is 4.79 Å². The monoisotopic (exact) mass is 228 g/mol. The van der Waals surface area contributed by atoms with Gasteiger partial charge in [0, 0.05) is 17.1 Å². The van der Waals surface area contributed by atoms with Crippen molar-refractivity contribution in [2.75, 3.05) is 5.32 Å². The molecule has 0 aliphatic rings. The maximum absolute atomic E-state index is 11.1. The normalized spacial score (nSPS) is 12.5. The molecule has 1 rings (SSSR count). The third-order valence-electron chi connectivity index (χ3n) is 2.95. The van der Waals surface area contributed by atoms with Gasteiger partial charge in [-0.25, -0.2) is 4.98 Å². The van der Waals surface area contributed by atoms with Gasteiger partial charge in [0.15, 0.2) is 5.13 Å². The summed E-state index contributed by atoms with van der Waals surface area (Å²) in [6.45, 7) is 7.14. The van der Waals surface area contributed by atoms with Crippen molar-refractivity contribution >= 4 is 22.4 Å². The maximum atomic E-state index is 11.1. The highest BCUT2D eigenvalue weighted by Gasteiger charge is 2.43. The number of nitrogens with one attached hydrogen (secondary N) is 1. The SMILES string of the molecule is CC(C)(Nc1nccs1)C(C)(C)C(=O)O. The molecular weight excluding hydrogens is 212 g/mol. The number of aliphatic carboxylic acids is 1. The fourth-order valence-electron chi connectivity index (χ4n) is 0.976. The Balaban J connectivity index is 2.88. The Morgan fingerprint density at radius 3 is 2.47 bits per heavy atom. The first-order chi connectivity index (χ1) is 6.77. The number of carboxylic acid groups (broad SMARTS) is 1. The van der Waals surface area contributed by atoms with E-state index in [0.29, 0.717) is 0 Å². The molecular formula is C10H16N2O2S. The summed E-state index contributed by atoms with van der Waals surface area (Å²) >= 11 is 1.46. The zero-order valence-electron chi connectivity index (χ0n) is 9.37. The van der Waals surface area contributed by atoms with Crippen LogP contribution in [0.2, 0.25) is 0 Å². The van der Waals surface area contributed by atoms with Gasteiger partial charge in [0.1, 0.15) is 0 Å². The van der Waals surface area contributed by atoms with Crippen molar-refractivity contribution in [2.45, 2.75) is 33.2 Å². The predicted molar refractivity (Wildman–Crippen MR) is 61.2 cm³/mol. The van der Waals surface area contributed by atoms with E-state index in [-0.39, 0.29) is 0 Å². The number of hydrogen-bond acceptors (Lipinski definition) is 4. The summed E-state index contributed by atoms with van der Waals surface area (Å²) in [6, 6.07) is 0. The molecule has 0 aromatic carbocycles. The minimum atomic E-state index is -0.862. The van der Waals surface area contributed by atoms with Crippen molar-refractivity contribution in [1.82, 2.24) is 4.98 Å². The lowest BCUT2D eigenvalue weighted by atomic mass is 9.74. The molecule has 0 saturated carbocycles. The van der Waals surface area contributed by atoms with Crippen LogP contribution < -0.4 is 5.32 Å². The molecule has 1 heterocycles. The third-order valence-corrected chi connectivity index (χ3v) is 3.64. The largest absolute Gasteiger partial charge is 0.481 e. The molecule has 5 heteroatoms. The van der Waals surface area contributed by atoms with Crippen molar-refractivity contribution in [3.8, 4) is 0 Å². The van der Waals surface area contributed by atoms with E-state index in [1.165, 1.54) is 11.3 Å². The zero-order chi connectivity index (χ0) is 11.7. The maximum Gasteiger partial charge on any atom is 0.311 e. The number of carboxylic acids is 1. The van der Waals surface area contributed by atoms with Crippen molar-refractivity contribution in [3.05, 3.63) is 11.6 Å². The van der Waals surface area contributed by atoms with Crippen LogP contribution in [-0.2, 0) is 4.79 Å². The summed E-state index contributed by atoms with van der Waals surface area (Å²) in [4.78, 5) is 15.2. The topological polar surface area (TPSA) is 62.2 Å². The minimum absolute atomic E-state index is 0.559. The molecule has 0 unspecified atom stereocenters. The Kier molecular flexibility index (Phi) is 3.04. The molecule has 0 aliphatic heterocycles. The van der Waals surface area contributed by atoms with E-state index in [1.807, 2.05) is 19.2 Å². The van der Waals surface area contributed by atoms with Gasteiger partial charge in [0.2, 0.25) is 0 Å². The first-order valence-corrected chi connectivity index (χ1v) is 5.56. The van der Waals surface area contributed by atoms with E-state index in [2.05, 4.69) is 10.3 Å². The summed E-state index contributed by atoms with van der Waals surface area (Å²) in [6.07, 6.45) is 1.69. The van der Waals surface area contributed by atoms with Gasteiger partial charge in [0.25, 0.3) is 0 Å². The highest BCUT2D eigenvalue weighted by molar-refractivity contribution is 7.13. The van der Waals surface area contributed by atoms with E-state index >= 15 is 0 Å². The second-order valence-corrected chi connectivity index (χ2v) is 5.41. The molecule has 4 nitrogen and oxygen atoms in total. The van der Waals surface area contributed by atoms with Gasteiger partial charge in [-0.1, -0.05) is 0 Å². The van der Waals surface area contributed by atoms with Crippen molar-refractivity contribution < 1.29 is 9.90 Å². The fraction of sp³-hybridized carbons (Fsp3) is 0.600. The molecule has 15 heavy (non-hydrogen) atoms. The number of rotatable bonds is 4.